The molecule has 1 aromatic rings. The van der Waals surface area contributed by atoms with E-state index in [1.165, 1.54) is 12.8 Å². The van der Waals surface area contributed by atoms with E-state index in [-0.39, 0.29) is 6.10 Å². The fraction of sp³-hybridized carbons (Fsp3) is 0.500. The predicted octanol–water partition coefficient (Wildman–Crippen LogP) is 4.17. The Kier molecular flexibility index (Phi) is 3.91. The highest BCUT2D eigenvalue weighted by Gasteiger charge is 2.20. The third-order valence-electron chi connectivity index (χ3n) is 3.24. The van der Waals surface area contributed by atoms with Crippen molar-refractivity contribution in [1.82, 2.24) is 0 Å². The third kappa shape index (κ3) is 3.14. The highest BCUT2D eigenvalue weighted by molar-refractivity contribution is 6.32. The fourth-order valence-electron chi connectivity index (χ4n) is 2.33. The lowest BCUT2D eigenvalue weighted by Crippen LogP contribution is -2.24. The molecule has 2 unspecified atom stereocenters. The number of hydrogen-bond acceptors (Lipinski definition) is 2. The molecule has 2 nitrogen and oxygen atoms in total. The van der Waals surface area contributed by atoms with Crippen LogP contribution in [-0.4, -0.2) is 6.10 Å². The first-order valence-corrected chi connectivity index (χ1v) is 6.43. The number of ether oxygens (including phenoxy) is 1. The Balaban J connectivity index is 2.06. The third-order valence-corrected chi connectivity index (χ3v) is 3.54. The quantitative estimate of drug-likeness (QED) is 0.788. The average molecular weight is 250 g/mol. The standard InChI is InChI=1S/C14H16ClNO/c1-10-3-2-4-12(7-10)17-14-6-5-11(9-16)8-13(14)15/h5-6,8,10,12H,2-4,7H2,1H3. The molecule has 90 valence electrons. The first kappa shape index (κ1) is 12.3. The Morgan fingerprint density at radius 2 is 2.24 bits per heavy atom. The maximum absolute atomic E-state index is 8.76. The minimum Gasteiger partial charge on any atom is -0.489 e. The van der Waals surface area contributed by atoms with Crippen molar-refractivity contribution in [2.24, 2.45) is 5.92 Å². The molecular weight excluding hydrogens is 234 g/mol. The molecule has 0 radical (unpaired) electrons. The van der Waals surface area contributed by atoms with Crippen LogP contribution in [0.5, 0.6) is 5.75 Å². The van der Waals surface area contributed by atoms with Crippen LogP contribution in [0.3, 0.4) is 0 Å². The van der Waals surface area contributed by atoms with Crippen molar-refractivity contribution in [3.8, 4) is 11.8 Å². The zero-order chi connectivity index (χ0) is 12.3. The molecule has 2 rings (SSSR count). The summed E-state index contributed by atoms with van der Waals surface area (Å²) >= 11 is 6.09. The van der Waals surface area contributed by atoms with E-state index in [0.29, 0.717) is 16.3 Å². The second-order valence-electron chi connectivity index (χ2n) is 4.77. The highest BCUT2D eigenvalue weighted by Crippen LogP contribution is 2.31. The molecule has 0 aromatic heterocycles. The molecule has 1 aliphatic rings. The van der Waals surface area contributed by atoms with Gasteiger partial charge < -0.3 is 4.74 Å². The molecule has 0 N–H and O–H groups in total. The van der Waals surface area contributed by atoms with Gasteiger partial charge in [0.15, 0.2) is 0 Å². The van der Waals surface area contributed by atoms with Gasteiger partial charge in [-0.2, -0.15) is 5.26 Å². The molecule has 0 aliphatic heterocycles. The largest absolute Gasteiger partial charge is 0.489 e. The molecule has 0 amide bonds. The number of rotatable bonds is 2. The summed E-state index contributed by atoms with van der Waals surface area (Å²) in [5.74, 6) is 1.43. The van der Waals surface area contributed by atoms with Gasteiger partial charge in [-0.15, -0.1) is 0 Å². The zero-order valence-corrected chi connectivity index (χ0v) is 10.7. The number of nitriles is 1. The Labute approximate surface area is 107 Å². The fourth-order valence-corrected chi connectivity index (χ4v) is 2.56. The van der Waals surface area contributed by atoms with Crippen LogP contribution in [0, 0.1) is 17.2 Å². The molecule has 1 aliphatic carbocycles. The minimum absolute atomic E-state index is 0.268. The van der Waals surface area contributed by atoms with Crippen LogP contribution in [0.2, 0.25) is 5.02 Å². The summed E-state index contributed by atoms with van der Waals surface area (Å²) in [6.07, 6.45) is 4.97. The van der Waals surface area contributed by atoms with E-state index in [4.69, 9.17) is 21.6 Å². The van der Waals surface area contributed by atoms with Crippen LogP contribution in [0.1, 0.15) is 38.2 Å². The molecule has 3 heteroatoms. The lowest BCUT2D eigenvalue weighted by Gasteiger charge is -2.27. The van der Waals surface area contributed by atoms with Crippen molar-refractivity contribution in [2.45, 2.75) is 38.7 Å². The Bertz CT molecular complexity index is 438. The second-order valence-corrected chi connectivity index (χ2v) is 5.18. The Morgan fingerprint density at radius 3 is 2.88 bits per heavy atom. The van der Waals surface area contributed by atoms with E-state index in [1.54, 1.807) is 18.2 Å². The van der Waals surface area contributed by atoms with Crippen LogP contribution in [0.25, 0.3) is 0 Å². The molecule has 0 heterocycles. The molecule has 1 fully saturated rings. The van der Waals surface area contributed by atoms with E-state index >= 15 is 0 Å². The summed E-state index contributed by atoms with van der Waals surface area (Å²) in [7, 11) is 0. The van der Waals surface area contributed by atoms with Gasteiger partial charge in [0.25, 0.3) is 0 Å². The summed E-state index contributed by atoms with van der Waals surface area (Å²) < 4.78 is 5.91. The first-order valence-electron chi connectivity index (χ1n) is 6.05. The van der Waals surface area contributed by atoms with Crippen molar-refractivity contribution < 1.29 is 4.74 Å². The van der Waals surface area contributed by atoms with Gasteiger partial charge in [0.2, 0.25) is 0 Å². The van der Waals surface area contributed by atoms with Crippen LogP contribution in [-0.2, 0) is 0 Å². The lowest BCUT2D eigenvalue weighted by molar-refractivity contribution is 0.129. The Hall–Kier alpha value is -1.20. The predicted molar refractivity (Wildman–Crippen MR) is 68.2 cm³/mol. The topological polar surface area (TPSA) is 33.0 Å². The minimum atomic E-state index is 0.268. The zero-order valence-electron chi connectivity index (χ0n) is 9.95. The van der Waals surface area contributed by atoms with Crippen LogP contribution in [0.15, 0.2) is 18.2 Å². The van der Waals surface area contributed by atoms with Gasteiger partial charge in [-0.3, -0.25) is 0 Å². The van der Waals surface area contributed by atoms with Crippen molar-refractivity contribution in [3.63, 3.8) is 0 Å². The SMILES string of the molecule is CC1CCCC(Oc2ccc(C#N)cc2Cl)C1. The summed E-state index contributed by atoms with van der Waals surface area (Å²) in [5, 5.41) is 9.29. The molecule has 0 saturated heterocycles. The van der Waals surface area contributed by atoms with Crippen molar-refractivity contribution in [3.05, 3.63) is 28.8 Å². The van der Waals surface area contributed by atoms with Crippen LogP contribution >= 0.6 is 11.6 Å². The maximum Gasteiger partial charge on any atom is 0.138 e. The number of hydrogen-bond donors (Lipinski definition) is 0. The van der Waals surface area contributed by atoms with E-state index < -0.39 is 0 Å². The van der Waals surface area contributed by atoms with Gasteiger partial charge in [0.05, 0.1) is 22.8 Å². The number of benzene rings is 1. The lowest BCUT2D eigenvalue weighted by atomic mass is 9.89. The molecule has 2 atom stereocenters. The molecule has 1 aromatic carbocycles. The molecule has 0 bridgehead atoms. The Morgan fingerprint density at radius 1 is 1.41 bits per heavy atom. The summed E-state index contributed by atoms with van der Waals surface area (Å²) in [4.78, 5) is 0. The van der Waals surface area contributed by atoms with Crippen LogP contribution in [0.4, 0.5) is 0 Å². The van der Waals surface area contributed by atoms with Crippen molar-refractivity contribution in [1.29, 1.82) is 5.26 Å². The van der Waals surface area contributed by atoms with Crippen molar-refractivity contribution >= 4 is 11.6 Å². The number of halogens is 1. The van der Waals surface area contributed by atoms with Gasteiger partial charge in [-0.1, -0.05) is 24.9 Å². The molecule has 1 saturated carbocycles. The first-order chi connectivity index (χ1) is 8.19. The van der Waals surface area contributed by atoms with Gasteiger partial charge in [0, 0.05) is 0 Å². The smallest absolute Gasteiger partial charge is 0.138 e. The van der Waals surface area contributed by atoms with Gasteiger partial charge in [-0.25, -0.2) is 0 Å². The normalized spacial score (nSPS) is 24.1. The monoisotopic (exact) mass is 249 g/mol. The second kappa shape index (κ2) is 5.42. The van der Waals surface area contributed by atoms with Gasteiger partial charge >= 0.3 is 0 Å². The van der Waals surface area contributed by atoms with E-state index in [0.717, 1.165) is 18.8 Å². The summed E-state index contributed by atoms with van der Waals surface area (Å²) in [5.41, 5.74) is 0.569. The molecule has 17 heavy (non-hydrogen) atoms. The van der Waals surface area contributed by atoms with E-state index in [1.807, 2.05) is 0 Å². The highest BCUT2D eigenvalue weighted by atomic mass is 35.5. The van der Waals surface area contributed by atoms with Crippen LogP contribution < -0.4 is 4.74 Å². The number of nitrogens with zero attached hydrogens (tertiary/aromatic N) is 1. The average Bonchev–Trinajstić information content (AvgIpc) is 2.32. The van der Waals surface area contributed by atoms with Gasteiger partial charge in [0.1, 0.15) is 5.75 Å². The van der Waals surface area contributed by atoms with Crippen molar-refractivity contribution in [2.75, 3.05) is 0 Å². The maximum atomic E-state index is 8.76. The molecular formula is C14H16ClNO. The summed E-state index contributed by atoms with van der Waals surface area (Å²) in [6, 6.07) is 7.26. The van der Waals surface area contributed by atoms with E-state index in [2.05, 4.69) is 13.0 Å². The van der Waals surface area contributed by atoms with E-state index in [9.17, 15) is 0 Å². The van der Waals surface area contributed by atoms with Gasteiger partial charge in [-0.05, 0) is 43.4 Å². The summed E-state index contributed by atoms with van der Waals surface area (Å²) in [6.45, 7) is 2.26. The molecule has 0 spiro atoms.